The average Bonchev–Trinajstić information content (AvgIpc) is 2.97. The Morgan fingerprint density at radius 3 is 2.42 bits per heavy atom. The fourth-order valence-electron chi connectivity index (χ4n) is 5.21. The summed E-state index contributed by atoms with van der Waals surface area (Å²) >= 11 is 6.38. The first-order valence-electron chi connectivity index (χ1n) is 14.0. The zero-order valence-electron chi connectivity index (χ0n) is 23.6. The molecular formula is C33H36ClN5O. The van der Waals surface area contributed by atoms with Gasteiger partial charge in [-0.1, -0.05) is 61.8 Å². The number of methoxy groups -OCH3 is 1. The highest BCUT2D eigenvalue weighted by Gasteiger charge is 2.16. The van der Waals surface area contributed by atoms with E-state index < -0.39 is 0 Å². The lowest BCUT2D eigenvalue weighted by atomic mass is 10.0. The van der Waals surface area contributed by atoms with E-state index >= 15 is 0 Å². The number of azo groups is 1. The van der Waals surface area contributed by atoms with Crippen molar-refractivity contribution in [2.75, 3.05) is 32.1 Å². The highest BCUT2D eigenvalue weighted by atomic mass is 35.5. The lowest BCUT2D eigenvalue weighted by Gasteiger charge is -2.22. The fraction of sp³-hybridized carbons (Fsp3) is 0.303. The van der Waals surface area contributed by atoms with Crippen molar-refractivity contribution in [1.82, 2.24) is 9.88 Å². The van der Waals surface area contributed by atoms with Gasteiger partial charge in [-0.3, -0.25) is 0 Å². The summed E-state index contributed by atoms with van der Waals surface area (Å²) in [4.78, 5) is 7.43. The van der Waals surface area contributed by atoms with Crippen LogP contribution in [0.3, 0.4) is 0 Å². The van der Waals surface area contributed by atoms with Gasteiger partial charge >= 0.3 is 0 Å². The number of hydrogen-bond donors (Lipinski definition) is 1. The smallest absolute Gasteiger partial charge is 0.147 e. The molecule has 0 bridgehead atoms. The maximum atomic E-state index is 6.38. The zero-order valence-corrected chi connectivity index (χ0v) is 24.4. The van der Waals surface area contributed by atoms with Gasteiger partial charge in [0.25, 0.3) is 0 Å². The Balaban J connectivity index is 1.53. The monoisotopic (exact) mass is 553 g/mol. The van der Waals surface area contributed by atoms with Crippen LogP contribution >= 0.6 is 11.6 Å². The molecule has 7 heteroatoms. The molecule has 206 valence electrons. The van der Waals surface area contributed by atoms with Crippen LogP contribution in [0.1, 0.15) is 33.6 Å². The number of halogens is 1. The number of rotatable bonds is 11. The molecule has 1 N–H and O–H groups in total. The van der Waals surface area contributed by atoms with Gasteiger partial charge in [0.1, 0.15) is 11.4 Å². The van der Waals surface area contributed by atoms with Crippen molar-refractivity contribution in [1.29, 1.82) is 0 Å². The SMILES string of the molecule is CCN(CC)CCCC(C)Nc1c2ccc(Cl)cc2nc2cc(N=Nc3cccc4ccccc34)c(OC)cc12. The molecule has 0 aliphatic carbocycles. The largest absolute Gasteiger partial charge is 0.494 e. The first-order valence-corrected chi connectivity index (χ1v) is 14.4. The number of hydrogen-bond acceptors (Lipinski definition) is 6. The third-order valence-electron chi connectivity index (χ3n) is 7.47. The van der Waals surface area contributed by atoms with Crippen molar-refractivity contribution in [2.45, 2.75) is 39.7 Å². The summed E-state index contributed by atoms with van der Waals surface area (Å²) in [7, 11) is 1.66. The van der Waals surface area contributed by atoms with Crippen LogP contribution in [0.15, 0.2) is 83.0 Å². The van der Waals surface area contributed by atoms with Gasteiger partial charge in [0, 0.05) is 27.2 Å². The lowest BCUT2D eigenvalue weighted by molar-refractivity contribution is 0.295. The quantitative estimate of drug-likeness (QED) is 0.131. The molecule has 0 saturated carbocycles. The Labute approximate surface area is 241 Å². The van der Waals surface area contributed by atoms with Gasteiger partial charge in [-0.05, 0) is 81.2 Å². The molecule has 0 aliphatic rings. The molecule has 0 saturated heterocycles. The standard InChI is InChI=1S/C33H36ClN5O/c1-5-39(6-2)18-10-11-22(3)35-33-26-17-16-24(34)19-29(26)36-30-21-31(32(40-4)20-27(30)33)38-37-28-15-9-13-23-12-7-8-14-25(23)28/h7-9,12-17,19-22H,5-6,10-11,18H2,1-4H3,(H,35,36). The van der Waals surface area contributed by atoms with Crippen LogP contribution < -0.4 is 10.1 Å². The van der Waals surface area contributed by atoms with E-state index in [0.717, 1.165) is 76.4 Å². The van der Waals surface area contributed by atoms with Crippen molar-refractivity contribution in [3.05, 3.63) is 77.8 Å². The van der Waals surface area contributed by atoms with E-state index in [2.05, 4.69) is 59.4 Å². The molecule has 1 aromatic heterocycles. The lowest BCUT2D eigenvalue weighted by Crippen LogP contribution is -2.25. The van der Waals surface area contributed by atoms with E-state index in [1.807, 2.05) is 54.6 Å². The third kappa shape index (κ3) is 6.03. The minimum atomic E-state index is 0.275. The van der Waals surface area contributed by atoms with Gasteiger partial charge in [-0.25, -0.2) is 4.98 Å². The zero-order chi connectivity index (χ0) is 28.1. The second kappa shape index (κ2) is 12.6. The highest BCUT2D eigenvalue weighted by Crippen LogP contribution is 2.40. The van der Waals surface area contributed by atoms with Crippen molar-refractivity contribution >= 4 is 61.2 Å². The molecular weight excluding hydrogens is 518 g/mol. The maximum absolute atomic E-state index is 6.38. The predicted octanol–water partition coefficient (Wildman–Crippen LogP) is 9.54. The summed E-state index contributed by atoms with van der Waals surface area (Å²) in [5.74, 6) is 0.642. The Kier molecular flexibility index (Phi) is 8.78. The van der Waals surface area contributed by atoms with Crippen LogP contribution in [0.25, 0.3) is 32.6 Å². The number of nitrogens with zero attached hydrogens (tertiary/aromatic N) is 4. The Morgan fingerprint density at radius 2 is 1.62 bits per heavy atom. The van der Waals surface area contributed by atoms with Crippen LogP contribution in [0.2, 0.25) is 5.02 Å². The number of anilines is 1. The molecule has 5 rings (SSSR count). The molecule has 0 fully saturated rings. The van der Waals surface area contributed by atoms with Crippen LogP contribution in [0, 0.1) is 0 Å². The van der Waals surface area contributed by atoms with Gasteiger partial charge in [0.15, 0.2) is 0 Å². The molecule has 5 aromatic rings. The first-order chi connectivity index (χ1) is 19.5. The summed E-state index contributed by atoms with van der Waals surface area (Å²) in [5.41, 5.74) is 4.09. The van der Waals surface area contributed by atoms with E-state index in [0.29, 0.717) is 16.5 Å². The Hall–Kier alpha value is -3.74. The summed E-state index contributed by atoms with van der Waals surface area (Å²) in [6.45, 7) is 9.94. The summed E-state index contributed by atoms with van der Waals surface area (Å²) in [6, 6.07) is 24.3. The van der Waals surface area contributed by atoms with Crippen molar-refractivity contribution < 1.29 is 4.74 Å². The minimum Gasteiger partial charge on any atom is -0.494 e. The second-order valence-corrected chi connectivity index (χ2v) is 10.5. The van der Waals surface area contributed by atoms with E-state index in [9.17, 15) is 0 Å². The van der Waals surface area contributed by atoms with E-state index in [-0.39, 0.29) is 6.04 Å². The summed E-state index contributed by atoms with van der Waals surface area (Å²) in [5, 5.41) is 17.8. The van der Waals surface area contributed by atoms with Crippen LogP contribution in [-0.2, 0) is 0 Å². The van der Waals surface area contributed by atoms with E-state index in [4.69, 9.17) is 21.3 Å². The van der Waals surface area contributed by atoms with Gasteiger partial charge in [-0.2, -0.15) is 0 Å². The molecule has 0 amide bonds. The molecule has 1 unspecified atom stereocenters. The van der Waals surface area contributed by atoms with Crippen LogP contribution in [-0.4, -0.2) is 42.7 Å². The fourth-order valence-corrected chi connectivity index (χ4v) is 5.38. The Bertz CT molecular complexity index is 1660. The first kappa shape index (κ1) is 27.8. The summed E-state index contributed by atoms with van der Waals surface area (Å²) in [6.07, 6.45) is 2.19. The maximum Gasteiger partial charge on any atom is 0.147 e. The molecule has 0 radical (unpaired) electrons. The number of ether oxygens (including phenoxy) is 1. The van der Waals surface area contributed by atoms with Crippen LogP contribution in [0.5, 0.6) is 5.75 Å². The number of aromatic nitrogens is 1. The predicted molar refractivity (Wildman–Crippen MR) is 169 cm³/mol. The van der Waals surface area contributed by atoms with Gasteiger partial charge in [0.05, 0.1) is 29.5 Å². The van der Waals surface area contributed by atoms with Crippen molar-refractivity contribution in [3.8, 4) is 5.75 Å². The molecule has 40 heavy (non-hydrogen) atoms. The van der Waals surface area contributed by atoms with Crippen molar-refractivity contribution in [2.24, 2.45) is 10.2 Å². The third-order valence-corrected chi connectivity index (χ3v) is 7.70. The number of fused-ring (bicyclic) bond motifs is 3. The normalized spacial score (nSPS) is 12.7. The minimum absolute atomic E-state index is 0.275. The Morgan fingerprint density at radius 1 is 0.875 bits per heavy atom. The van der Waals surface area contributed by atoms with Crippen LogP contribution in [0.4, 0.5) is 17.1 Å². The van der Waals surface area contributed by atoms with E-state index in [1.165, 1.54) is 0 Å². The van der Waals surface area contributed by atoms with Gasteiger partial charge in [0.2, 0.25) is 0 Å². The molecule has 0 spiro atoms. The van der Waals surface area contributed by atoms with Gasteiger partial charge < -0.3 is 15.0 Å². The topological polar surface area (TPSA) is 62.1 Å². The average molecular weight is 554 g/mol. The molecule has 1 heterocycles. The molecule has 0 aliphatic heterocycles. The highest BCUT2D eigenvalue weighted by molar-refractivity contribution is 6.31. The van der Waals surface area contributed by atoms with E-state index in [1.54, 1.807) is 7.11 Å². The van der Waals surface area contributed by atoms with Crippen molar-refractivity contribution in [3.63, 3.8) is 0 Å². The second-order valence-electron chi connectivity index (χ2n) is 10.1. The number of pyridine rings is 1. The molecule has 4 aromatic carbocycles. The number of nitrogens with one attached hydrogen (secondary N) is 1. The molecule has 1 atom stereocenters. The van der Waals surface area contributed by atoms with Gasteiger partial charge in [-0.15, -0.1) is 10.2 Å². The summed E-state index contributed by atoms with van der Waals surface area (Å²) < 4.78 is 5.80. The molecule has 6 nitrogen and oxygen atoms in total. The number of benzene rings is 4.